The van der Waals surface area contributed by atoms with Crippen molar-refractivity contribution in [2.75, 3.05) is 59.7 Å². The van der Waals surface area contributed by atoms with Gasteiger partial charge in [0, 0.05) is 39.8 Å². The molecule has 2 aliphatic rings. The smallest absolute Gasteiger partial charge is 0.309 e. The third kappa shape index (κ3) is 6.03. The van der Waals surface area contributed by atoms with Crippen molar-refractivity contribution in [3.8, 4) is 0 Å². The highest BCUT2D eigenvalue weighted by molar-refractivity contribution is 5.82. The van der Waals surface area contributed by atoms with E-state index in [1.165, 1.54) is 0 Å². The van der Waals surface area contributed by atoms with Crippen LogP contribution in [-0.2, 0) is 23.8 Å². The molecule has 2 unspecified atom stereocenters. The van der Waals surface area contributed by atoms with Crippen LogP contribution in [-0.4, -0.2) is 76.5 Å². The van der Waals surface area contributed by atoms with E-state index in [1.54, 1.807) is 7.11 Å². The van der Waals surface area contributed by atoms with Crippen molar-refractivity contribution in [2.45, 2.75) is 25.7 Å². The molecule has 0 aromatic rings. The van der Waals surface area contributed by atoms with Crippen LogP contribution in [0.1, 0.15) is 25.7 Å². The van der Waals surface area contributed by atoms with Gasteiger partial charge in [-0.25, -0.2) is 0 Å². The molecular formula is C17H30N2O5. The number of hydrogen-bond acceptors (Lipinski definition) is 7. The monoisotopic (exact) mass is 342 g/mol. The van der Waals surface area contributed by atoms with E-state index in [4.69, 9.17) is 14.2 Å². The largest absolute Gasteiger partial charge is 0.464 e. The minimum Gasteiger partial charge on any atom is -0.464 e. The van der Waals surface area contributed by atoms with Crippen LogP contribution >= 0.6 is 0 Å². The molecule has 7 heteroatoms. The van der Waals surface area contributed by atoms with E-state index in [9.17, 15) is 9.59 Å². The van der Waals surface area contributed by atoms with Gasteiger partial charge in [-0.1, -0.05) is 12.8 Å². The maximum absolute atomic E-state index is 12.4. The summed E-state index contributed by atoms with van der Waals surface area (Å²) >= 11 is 0. The Balaban J connectivity index is 1.75. The van der Waals surface area contributed by atoms with Crippen LogP contribution in [0.15, 0.2) is 0 Å². The predicted octanol–water partition coefficient (Wildman–Crippen LogP) is 0.431. The summed E-state index contributed by atoms with van der Waals surface area (Å²) in [5, 5.41) is 3.30. The zero-order chi connectivity index (χ0) is 17.2. The Morgan fingerprint density at radius 1 is 0.958 bits per heavy atom. The van der Waals surface area contributed by atoms with Crippen LogP contribution in [0.3, 0.4) is 0 Å². The molecule has 0 spiro atoms. The van der Waals surface area contributed by atoms with Gasteiger partial charge in [0.25, 0.3) is 0 Å². The van der Waals surface area contributed by atoms with Crippen LogP contribution in [0, 0.1) is 11.8 Å². The molecule has 0 aromatic heterocycles. The summed E-state index contributed by atoms with van der Waals surface area (Å²) in [5.74, 6) is -1.28. The van der Waals surface area contributed by atoms with Crippen molar-refractivity contribution >= 4 is 11.9 Å². The van der Waals surface area contributed by atoms with Gasteiger partial charge in [-0.05, 0) is 12.8 Å². The Morgan fingerprint density at radius 2 is 1.54 bits per heavy atom. The van der Waals surface area contributed by atoms with E-state index < -0.39 is 0 Å². The van der Waals surface area contributed by atoms with Gasteiger partial charge >= 0.3 is 11.9 Å². The van der Waals surface area contributed by atoms with Crippen LogP contribution in [0.5, 0.6) is 0 Å². The van der Waals surface area contributed by atoms with Gasteiger partial charge in [-0.15, -0.1) is 0 Å². The minimum absolute atomic E-state index is 0.233. The topological polar surface area (TPSA) is 77.1 Å². The molecule has 0 radical (unpaired) electrons. The maximum Gasteiger partial charge on any atom is 0.309 e. The zero-order valence-electron chi connectivity index (χ0n) is 14.6. The summed E-state index contributed by atoms with van der Waals surface area (Å²) in [6, 6.07) is 0. The Morgan fingerprint density at radius 3 is 2.12 bits per heavy atom. The first-order valence-electron chi connectivity index (χ1n) is 8.97. The van der Waals surface area contributed by atoms with E-state index in [-0.39, 0.29) is 30.4 Å². The summed E-state index contributed by atoms with van der Waals surface area (Å²) in [6.45, 7) is 5.67. The Bertz CT molecular complexity index is 398. The van der Waals surface area contributed by atoms with Crippen molar-refractivity contribution < 1.29 is 23.8 Å². The van der Waals surface area contributed by atoms with Gasteiger partial charge in [0.15, 0.2) is 0 Å². The molecule has 1 N–H and O–H groups in total. The maximum atomic E-state index is 12.4. The molecule has 0 bridgehead atoms. The lowest BCUT2D eigenvalue weighted by molar-refractivity contribution is -0.163. The van der Waals surface area contributed by atoms with Gasteiger partial charge in [0.05, 0.1) is 18.4 Å². The molecule has 2 fully saturated rings. The highest BCUT2D eigenvalue weighted by Gasteiger charge is 2.37. The van der Waals surface area contributed by atoms with Crippen LogP contribution in [0.25, 0.3) is 0 Å². The third-order valence-electron chi connectivity index (χ3n) is 4.76. The van der Waals surface area contributed by atoms with Crippen molar-refractivity contribution in [3.63, 3.8) is 0 Å². The molecule has 1 aliphatic carbocycles. The number of rotatable bonds is 8. The average Bonchev–Trinajstić information content (AvgIpc) is 2.62. The molecule has 1 aliphatic heterocycles. The number of nitrogens with zero attached hydrogens (tertiary/aromatic N) is 1. The molecule has 0 aromatic carbocycles. The fourth-order valence-electron chi connectivity index (χ4n) is 3.34. The fraction of sp³-hybridized carbons (Fsp3) is 0.882. The van der Waals surface area contributed by atoms with E-state index in [0.29, 0.717) is 26.1 Å². The Kier molecular flexibility index (Phi) is 8.49. The predicted molar refractivity (Wildman–Crippen MR) is 88.6 cm³/mol. The first-order valence-corrected chi connectivity index (χ1v) is 8.97. The summed E-state index contributed by atoms with van der Waals surface area (Å²) in [6.07, 6.45) is 3.31. The number of piperazine rings is 1. The Labute approximate surface area is 144 Å². The lowest BCUT2D eigenvalue weighted by atomic mass is 9.79. The van der Waals surface area contributed by atoms with E-state index in [0.717, 1.165) is 45.6 Å². The van der Waals surface area contributed by atoms with Crippen molar-refractivity contribution in [2.24, 2.45) is 11.8 Å². The average molecular weight is 342 g/mol. The first-order chi connectivity index (χ1) is 11.7. The lowest BCUT2D eigenvalue weighted by Crippen LogP contribution is -2.45. The number of carbonyl (C=O) groups excluding carboxylic acids is 2. The second-order valence-corrected chi connectivity index (χ2v) is 6.42. The molecule has 1 saturated carbocycles. The lowest BCUT2D eigenvalue weighted by Gasteiger charge is -2.29. The standard InChI is InChI=1S/C17H30N2O5/c1-22-12-13-24-17(21)15-5-3-2-4-14(15)16(20)23-11-10-19-8-6-18-7-9-19/h14-15,18H,2-13H2,1H3. The van der Waals surface area contributed by atoms with Crippen molar-refractivity contribution in [3.05, 3.63) is 0 Å². The third-order valence-corrected chi connectivity index (χ3v) is 4.76. The van der Waals surface area contributed by atoms with Crippen LogP contribution in [0.4, 0.5) is 0 Å². The van der Waals surface area contributed by atoms with Crippen molar-refractivity contribution in [1.82, 2.24) is 10.2 Å². The fourth-order valence-corrected chi connectivity index (χ4v) is 3.34. The number of ether oxygens (including phenoxy) is 3. The highest BCUT2D eigenvalue weighted by atomic mass is 16.6. The second-order valence-electron chi connectivity index (χ2n) is 6.42. The molecular weight excluding hydrogens is 312 g/mol. The molecule has 7 nitrogen and oxygen atoms in total. The van der Waals surface area contributed by atoms with Gasteiger partial charge < -0.3 is 19.5 Å². The van der Waals surface area contributed by atoms with E-state index in [1.807, 2.05) is 0 Å². The minimum atomic E-state index is -0.373. The molecule has 138 valence electrons. The van der Waals surface area contributed by atoms with E-state index >= 15 is 0 Å². The molecule has 2 rings (SSSR count). The van der Waals surface area contributed by atoms with Crippen LogP contribution in [0.2, 0.25) is 0 Å². The normalized spacial score (nSPS) is 25.2. The highest BCUT2D eigenvalue weighted by Crippen LogP contribution is 2.32. The van der Waals surface area contributed by atoms with Gasteiger partial charge in [-0.3, -0.25) is 14.5 Å². The Hall–Kier alpha value is -1.18. The number of nitrogens with one attached hydrogen (secondary N) is 1. The van der Waals surface area contributed by atoms with Gasteiger partial charge in [-0.2, -0.15) is 0 Å². The summed E-state index contributed by atoms with van der Waals surface area (Å²) < 4.78 is 15.6. The zero-order valence-corrected chi connectivity index (χ0v) is 14.6. The molecule has 0 amide bonds. The number of hydrogen-bond donors (Lipinski definition) is 1. The van der Waals surface area contributed by atoms with Crippen LogP contribution < -0.4 is 5.32 Å². The molecule has 1 saturated heterocycles. The molecule has 2 atom stereocenters. The van der Waals surface area contributed by atoms with E-state index in [2.05, 4.69) is 10.2 Å². The summed E-state index contributed by atoms with van der Waals surface area (Å²) in [7, 11) is 1.56. The summed E-state index contributed by atoms with van der Waals surface area (Å²) in [4.78, 5) is 26.9. The first kappa shape index (κ1) is 19.1. The summed E-state index contributed by atoms with van der Waals surface area (Å²) in [5.41, 5.74) is 0. The number of carbonyl (C=O) groups is 2. The SMILES string of the molecule is COCCOC(=O)C1CCCCC1C(=O)OCCN1CCNCC1. The van der Waals surface area contributed by atoms with Gasteiger partial charge in [0.2, 0.25) is 0 Å². The molecule has 1 heterocycles. The number of methoxy groups -OCH3 is 1. The quantitative estimate of drug-likeness (QED) is 0.506. The molecule has 24 heavy (non-hydrogen) atoms. The van der Waals surface area contributed by atoms with Gasteiger partial charge in [0.1, 0.15) is 13.2 Å². The van der Waals surface area contributed by atoms with Crippen molar-refractivity contribution in [1.29, 1.82) is 0 Å². The number of esters is 2. The second kappa shape index (κ2) is 10.6.